The Labute approximate surface area is 176 Å². The maximum Gasteiger partial charge on any atom is 0.325 e. The molecular weight excluding hydrogens is 414 g/mol. The van der Waals surface area contributed by atoms with Crippen LogP contribution in [0.3, 0.4) is 0 Å². The third-order valence-electron chi connectivity index (χ3n) is 4.22. The van der Waals surface area contributed by atoms with E-state index >= 15 is 0 Å². The summed E-state index contributed by atoms with van der Waals surface area (Å²) >= 11 is 5.99. The van der Waals surface area contributed by atoms with Crippen molar-refractivity contribution in [2.45, 2.75) is 0 Å². The normalized spacial score (nSPS) is 12.5. The van der Waals surface area contributed by atoms with Gasteiger partial charge in [-0.05, 0) is 42.5 Å². The van der Waals surface area contributed by atoms with Crippen molar-refractivity contribution in [2.24, 2.45) is 0 Å². The van der Waals surface area contributed by atoms with Gasteiger partial charge in [-0.15, -0.1) is 0 Å². The summed E-state index contributed by atoms with van der Waals surface area (Å²) in [6.07, 6.45) is 0. The molecule has 1 aliphatic rings. The number of esters is 1. The number of nitrogens with one attached hydrogen (secondary N) is 2. The number of methoxy groups -OCH3 is 1. The third-order valence-corrected chi connectivity index (χ3v) is 4.45. The molecule has 0 atom stereocenters. The molecule has 9 nitrogen and oxygen atoms in total. The minimum absolute atomic E-state index is 0.169. The van der Waals surface area contributed by atoms with Crippen LogP contribution in [-0.4, -0.2) is 50.5 Å². The van der Waals surface area contributed by atoms with Gasteiger partial charge < -0.3 is 20.1 Å². The highest BCUT2D eigenvalue weighted by Crippen LogP contribution is 2.34. The van der Waals surface area contributed by atoms with Crippen LogP contribution in [0.15, 0.2) is 42.5 Å². The Hall–Kier alpha value is -3.59. The highest BCUT2D eigenvalue weighted by molar-refractivity contribution is 6.31. The molecule has 30 heavy (non-hydrogen) atoms. The number of nitrogens with zero attached hydrogens (tertiary/aromatic N) is 1. The summed E-state index contributed by atoms with van der Waals surface area (Å²) in [5, 5.41) is 5.50. The highest BCUT2D eigenvalue weighted by atomic mass is 35.5. The average Bonchev–Trinajstić information content (AvgIpc) is 2.74. The Morgan fingerprint density at radius 1 is 1.17 bits per heavy atom. The van der Waals surface area contributed by atoms with Crippen molar-refractivity contribution in [2.75, 3.05) is 37.0 Å². The molecule has 0 saturated heterocycles. The van der Waals surface area contributed by atoms with Gasteiger partial charge in [-0.1, -0.05) is 11.6 Å². The van der Waals surface area contributed by atoms with Crippen molar-refractivity contribution in [1.82, 2.24) is 5.32 Å². The van der Waals surface area contributed by atoms with Gasteiger partial charge in [0.15, 0.2) is 6.61 Å². The fourth-order valence-electron chi connectivity index (χ4n) is 2.72. The van der Waals surface area contributed by atoms with E-state index in [4.69, 9.17) is 16.3 Å². The Bertz CT molecular complexity index is 993. The van der Waals surface area contributed by atoms with Crippen LogP contribution < -0.4 is 20.3 Å². The van der Waals surface area contributed by atoms with Gasteiger partial charge in [-0.25, -0.2) is 0 Å². The molecule has 2 N–H and O–H groups in total. The fourth-order valence-corrected chi connectivity index (χ4v) is 2.89. The summed E-state index contributed by atoms with van der Waals surface area (Å²) in [6.45, 7) is -0.638. The van der Waals surface area contributed by atoms with Gasteiger partial charge in [0.05, 0.1) is 12.8 Å². The zero-order valence-corrected chi connectivity index (χ0v) is 16.7. The summed E-state index contributed by atoms with van der Waals surface area (Å²) in [7, 11) is 1.23. The topological polar surface area (TPSA) is 114 Å². The molecule has 156 valence electrons. The van der Waals surface area contributed by atoms with Crippen LogP contribution in [0.4, 0.5) is 11.4 Å². The molecule has 0 aliphatic carbocycles. The zero-order chi connectivity index (χ0) is 21.7. The Morgan fingerprint density at radius 2 is 1.90 bits per heavy atom. The number of ether oxygens (including phenoxy) is 2. The number of carbonyl (C=O) groups is 4. The van der Waals surface area contributed by atoms with E-state index in [2.05, 4.69) is 15.4 Å². The molecule has 3 rings (SSSR count). The lowest BCUT2D eigenvalue weighted by Crippen LogP contribution is -2.43. The number of rotatable bonds is 6. The van der Waals surface area contributed by atoms with E-state index < -0.39 is 17.8 Å². The zero-order valence-electron chi connectivity index (χ0n) is 15.9. The molecule has 0 aromatic heterocycles. The van der Waals surface area contributed by atoms with Gasteiger partial charge in [0.25, 0.3) is 11.8 Å². The Balaban J connectivity index is 1.62. The molecule has 0 saturated carbocycles. The molecule has 0 unspecified atom stereocenters. The van der Waals surface area contributed by atoms with Gasteiger partial charge in [0.1, 0.15) is 18.8 Å². The van der Waals surface area contributed by atoms with Crippen LogP contribution in [-0.2, 0) is 19.1 Å². The molecule has 1 aliphatic heterocycles. The van der Waals surface area contributed by atoms with Gasteiger partial charge in [0, 0.05) is 16.3 Å². The second kappa shape index (κ2) is 9.27. The van der Waals surface area contributed by atoms with Crippen LogP contribution in [0.5, 0.6) is 5.75 Å². The van der Waals surface area contributed by atoms with Gasteiger partial charge in [-0.2, -0.15) is 0 Å². The lowest BCUT2D eigenvalue weighted by molar-refractivity contribution is -0.139. The second-order valence-electron chi connectivity index (χ2n) is 6.26. The van der Waals surface area contributed by atoms with Crippen LogP contribution in [0.25, 0.3) is 0 Å². The first kappa shape index (κ1) is 21.1. The SMILES string of the molecule is COC(=O)CNC(=O)c1ccc(NC(=O)CN2C(=O)COc3ccc(Cl)cc32)cc1. The van der Waals surface area contributed by atoms with Crippen LogP contribution >= 0.6 is 11.6 Å². The van der Waals surface area contributed by atoms with E-state index in [0.29, 0.717) is 27.7 Å². The van der Waals surface area contributed by atoms with Gasteiger partial charge >= 0.3 is 5.97 Å². The largest absolute Gasteiger partial charge is 0.482 e. The quantitative estimate of drug-likeness (QED) is 0.671. The molecule has 3 amide bonds. The van der Waals surface area contributed by atoms with E-state index in [-0.39, 0.29) is 25.6 Å². The predicted molar refractivity (Wildman–Crippen MR) is 109 cm³/mol. The number of hydrogen-bond acceptors (Lipinski definition) is 6. The number of amides is 3. The molecule has 2 aromatic rings. The average molecular weight is 432 g/mol. The molecular formula is C20H18ClN3O6. The number of benzene rings is 2. The maximum atomic E-state index is 12.4. The molecule has 0 radical (unpaired) electrons. The molecule has 1 heterocycles. The maximum absolute atomic E-state index is 12.4. The van der Waals surface area contributed by atoms with Crippen LogP contribution in [0, 0.1) is 0 Å². The molecule has 2 aromatic carbocycles. The minimum atomic E-state index is -0.562. The van der Waals surface area contributed by atoms with Crippen molar-refractivity contribution < 1.29 is 28.7 Å². The van der Waals surface area contributed by atoms with Crippen LogP contribution in [0.1, 0.15) is 10.4 Å². The first-order chi connectivity index (χ1) is 14.4. The van der Waals surface area contributed by atoms with E-state index in [0.717, 1.165) is 0 Å². The smallest absolute Gasteiger partial charge is 0.325 e. The summed E-state index contributed by atoms with van der Waals surface area (Å²) < 4.78 is 9.80. The Kier molecular flexibility index (Phi) is 6.53. The number of fused-ring (bicyclic) bond motifs is 1. The highest BCUT2D eigenvalue weighted by Gasteiger charge is 2.27. The van der Waals surface area contributed by atoms with Crippen molar-refractivity contribution in [3.05, 3.63) is 53.1 Å². The predicted octanol–water partition coefficient (Wildman–Crippen LogP) is 1.61. The lowest BCUT2D eigenvalue weighted by atomic mass is 10.2. The minimum Gasteiger partial charge on any atom is -0.482 e. The van der Waals surface area contributed by atoms with Crippen molar-refractivity contribution in [3.8, 4) is 5.75 Å². The number of anilines is 2. The number of carbonyl (C=O) groups excluding carboxylic acids is 4. The summed E-state index contributed by atoms with van der Waals surface area (Å²) in [4.78, 5) is 49.0. The van der Waals surface area contributed by atoms with Gasteiger partial charge in [0.2, 0.25) is 5.91 Å². The Morgan fingerprint density at radius 3 is 2.60 bits per heavy atom. The summed E-state index contributed by atoms with van der Waals surface area (Å²) in [5.41, 5.74) is 1.17. The molecule has 0 bridgehead atoms. The molecule has 10 heteroatoms. The standard InChI is InChI=1S/C20H18ClN3O6/c1-29-19(27)9-22-20(28)12-2-5-14(6-3-12)23-17(25)10-24-15-8-13(21)4-7-16(15)30-11-18(24)26/h2-8H,9-11H2,1H3,(H,22,28)(H,23,25). The monoisotopic (exact) mass is 431 g/mol. The van der Waals surface area contributed by atoms with E-state index in [1.54, 1.807) is 18.2 Å². The lowest BCUT2D eigenvalue weighted by Gasteiger charge is -2.29. The van der Waals surface area contributed by atoms with Crippen molar-refractivity contribution in [3.63, 3.8) is 0 Å². The van der Waals surface area contributed by atoms with Crippen molar-refractivity contribution in [1.29, 1.82) is 0 Å². The first-order valence-corrected chi connectivity index (χ1v) is 9.23. The number of hydrogen-bond donors (Lipinski definition) is 2. The first-order valence-electron chi connectivity index (χ1n) is 8.85. The second-order valence-corrected chi connectivity index (χ2v) is 6.70. The van der Waals surface area contributed by atoms with E-state index in [1.807, 2.05) is 0 Å². The van der Waals surface area contributed by atoms with Gasteiger partial charge in [-0.3, -0.25) is 24.1 Å². The molecule has 0 fully saturated rings. The van der Waals surface area contributed by atoms with E-state index in [1.165, 1.54) is 36.3 Å². The van der Waals surface area contributed by atoms with E-state index in [9.17, 15) is 19.2 Å². The molecule has 0 spiro atoms. The third kappa shape index (κ3) is 5.06. The number of halogens is 1. The van der Waals surface area contributed by atoms with Crippen molar-refractivity contribution >= 4 is 46.7 Å². The summed E-state index contributed by atoms with van der Waals surface area (Å²) in [6, 6.07) is 10.9. The summed E-state index contributed by atoms with van der Waals surface area (Å²) in [5.74, 6) is -1.34. The van der Waals surface area contributed by atoms with Crippen LogP contribution in [0.2, 0.25) is 5.02 Å². The fraction of sp³-hybridized carbons (Fsp3) is 0.200.